The van der Waals surface area contributed by atoms with Gasteiger partial charge in [0, 0.05) is 0 Å². The van der Waals surface area contributed by atoms with Gasteiger partial charge in [0.1, 0.15) is 0 Å². The van der Waals surface area contributed by atoms with E-state index in [1.807, 2.05) is 0 Å². The molecule has 0 aliphatic heterocycles. The van der Waals surface area contributed by atoms with Crippen molar-refractivity contribution in [3.05, 3.63) is 0 Å². The molecule has 0 N–H and O–H groups in total. The fourth-order valence-corrected chi connectivity index (χ4v) is 61.7. The van der Waals surface area contributed by atoms with Gasteiger partial charge in [-0.05, 0) is 0 Å². The van der Waals surface area contributed by atoms with Crippen LogP contribution >= 0.6 is 6.89 Å². The monoisotopic (exact) mass is 326 g/mol. The molecule has 0 aromatic rings. The summed E-state index contributed by atoms with van der Waals surface area (Å²) in [4.78, 5) is 0. The Morgan fingerprint density at radius 3 is 0.923 bits per heavy atom. The number of hydrogen-bond donors (Lipinski definition) is 0. The van der Waals surface area contributed by atoms with Gasteiger partial charge in [-0.25, -0.2) is 0 Å². The molecule has 0 unspecified atom stereocenters. The molecule has 0 rings (SSSR count). The standard InChI is InChI=1S/C10H27Ge2P/c1-11(2,3)10(12(4,5)6)13(7,8)9/h1-9H3. The fraction of sp³-hybridized carbons (Fsp3) is 0.900. The molecule has 13 heavy (non-hydrogen) atoms. The SMILES string of the molecule is CP(C)(C)=[C]([Ge]([CH3])([CH3])[CH3])[Ge]([CH3])([CH3])[CH3]. The second-order valence-corrected chi connectivity index (χ2v) is 36.3. The van der Waals surface area contributed by atoms with Crippen LogP contribution in [0.4, 0.5) is 0 Å². The van der Waals surface area contributed by atoms with Crippen molar-refractivity contribution in [3.8, 4) is 0 Å². The van der Waals surface area contributed by atoms with Crippen LogP contribution < -0.4 is 0 Å². The van der Waals surface area contributed by atoms with Gasteiger partial charge in [-0.3, -0.25) is 0 Å². The van der Waals surface area contributed by atoms with Crippen molar-refractivity contribution < 1.29 is 0 Å². The first-order valence-electron chi connectivity index (χ1n) is 5.07. The average Bonchev–Trinajstić information content (AvgIpc) is 1.44. The van der Waals surface area contributed by atoms with Gasteiger partial charge in [0.2, 0.25) is 0 Å². The Balaban J connectivity index is 5.56. The molecule has 0 nitrogen and oxygen atoms in total. The van der Waals surface area contributed by atoms with Crippen LogP contribution in [0.2, 0.25) is 34.5 Å². The Morgan fingerprint density at radius 2 is 0.923 bits per heavy atom. The number of rotatable bonds is 2. The third-order valence-corrected chi connectivity index (χ3v) is 41.2. The average molecular weight is 324 g/mol. The molecule has 0 heterocycles. The maximum absolute atomic E-state index is 2.58. The summed E-state index contributed by atoms with van der Waals surface area (Å²) >= 11 is -3.03. The van der Waals surface area contributed by atoms with E-state index in [1.165, 1.54) is 0 Å². The zero-order chi connectivity index (χ0) is 11.1. The molecule has 0 aliphatic rings. The van der Waals surface area contributed by atoms with Gasteiger partial charge in [-0.1, -0.05) is 0 Å². The van der Waals surface area contributed by atoms with Crippen LogP contribution in [0.15, 0.2) is 0 Å². The number of hydrogen-bond acceptors (Lipinski definition) is 0. The zero-order valence-corrected chi connectivity index (χ0v) is 16.0. The molecule has 3 heteroatoms. The Bertz CT molecular complexity index is 210. The summed E-state index contributed by atoms with van der Waals surface area (Å²) in [6.07, 6.45) is 0. The third kappa shape index (κ3) is 4.62. The van der Waals surface area contributed by atoms with Crippen molar-refractivity contribution >= 4 is 36.4 Å². The molecule has 0 radical (unpaired) electrons. The molecule has 0 aromatic carbocycles. The van der Waals surface area contributed by atoms with Crippen molar-refractivity contribution in [3.63, 3.8) is 0 Å². The predicted molar refractivity (Wildman–Crippen MR) is 76.4 cm³/mol. The Labute approximate surface area is 90.6 Å². The predicted octanol–water partition coefficient (Wildman–Crippen LogP) is 3.82. The van der Waals surface area contributed by atoms with Crippen LogP contribution in [0.1, 0.15) is 0 Å². The summed E-state index contributed by atoms with van der Waals surface area (Å²) in [7, 11) is 0. The second kappa shape index (κ2) is 4.10. The summed E-state index contributed by atoms with van der Waals surface area (Å²) in [5.74, 6) is 15.5. The summed E-state index contributed by atoms with van der Waals surface area (Å²) in [6, 6.07) is 0. The minimum atomic E-state index is -1.51. The molecule has 0 amide bonds. The van der Waals surface area contributed by atoms with Gasteiger partial charge in [-0.2, -0.15) is 0 Å². The molecule has 80 valence electrons. The van der Waals surface area contributed by atoms with Gasteiger partial charge in [0.15, 0.2) is 0 Å². The van der Waals surface area contributed by atoms with E-state index in [-0.39, 0.29) is 0 Å². The summed E-state index contributed by atoms with van der Waals surface area (Å²) in [5, 5.41) is 0. The molecule has 0 spiro atoms. The van der Waals surface area contributed by atoms with Crippen LogP contribution in [-0.4, -0.2) is 49.5 Å². The van der Waals surface area contributed by atoms with Crippen LogP contribution in [0.3, 0.4) is 0 Å². The first kappa shape index (κ1) is 14.4. The molecule has 0 atom stereocenters. The van der Waals surface area contributed by atoms with Crippen molar-refractivity contribution in [1.82, 2.24) is 0 Å². The van der Waals surface area contributed by atoms with E-state index < -0.39 is 33.4 Å². The van der Waals surface area contributed by atoms with Crippen LogP contribution in [0.25, 0.3) is 0 Å². The Morgan fingerprint density at radius 1 is 0.692 bits per heavy atom. The maximum atomic E-state index is 2.58. The second-order valence-electron chi connectivity index (χ2n) is 6.86. The molecule has 0 saturated heterocycles. The first-order valence-corrected chi connectivity index (χ1v) is 22.9. The molecular weight excluding hydrogens is 296 g/mol. The van der Waals surface area contributed by atoms with E-state index in [9.17, 15) is 0 Å². The van der Waals surface area contributed by atoms with Crippen molar-refractivity contribution in [2.45, 2.75) is 34.5 Å². The van der Waals surface area contributed by atoms with Crippen molar-refractivity contribution in [2.24, 2.45) is 0 Å². The quantitative estimate of drug-likeness (QED) is 0.535. The molecule has 0 saturated carbocycles. The summed E-state index contributed by atoms with van der Waals surface area (Å²) < 4.78 is 2.13. The topological polar surface area (TPSA) is 0 Å². The Kier molecular flexibility index (Phi) is 4.53. The zero-order valence-electron chi connectivity index (χ0n) is 10.9. The Hall–Kier alpha value is 1.39. The van der Waals surface area contributed by atoms with E-state index in [2.05, 4.69) is 57.5 Å². The third-order valence-electron chi connectivity index (χ3n) is 2.09. The normalized spacial score (nSPS) is 14.5. The van der Waals surface area contributed by atoms with Gasteiger partial charge in [-0.15, -0.1) is 0 Å². The van der Waals surface area contributed by atoms with Gasteiger partial charge >= 0.3 is 90.9 Å². The van der Waals surface area contributed by atoms with E-state index >= 15 is 0 Å². The van der Waals surface area contributed by atoms with Crippen molar-refractivity contribution in [2.75, 3.05) is 20.0 Å². The minimum absolute atomic E-state index is 0.686. The summed E-state index contributed by atoms with van der Waals surface area (Å²) in [5.41, 5.74) is 0. The van der Waals surface area contributed by atoms with Gasteiger partial charge in [0.05, 0.1) is 0 Å². The molecule has 0 aliphatic carbocycles. The van der Waals surface area contributed by atoms with Crippen molar-refractivity contribution in [1.29, 1.82) is 0 Å². The molecule has 0 bridgehead atoms. The van der Waals surface area contributed by atoms with E-state index in [4.69, 9.17) is 0 Å². The molecular formula is C10H27Ge2P. The molecule has 0 aromatic heterocycles. The van der Waals surface area contributed by atoms with Gasteiger partial charge in [0.25, 0.3) is 0 Å². The van der Waals surface area contributed by atoms with Crippen LogP contribution in [0, 0.1) is 0 Å². The molecule has 0 fully saturated rings. The van der Waals surface area contributed by atoms with E-state index in [0.29, 0.717) is 0 Å². The first-order chi connectivity index (χ1) is 5.37. The summed E-state index contributed by atoms with van der Waals surface area (Å²) in [6.45, 7) is 6.88. The van der Waals surface area contributed by atoms with E-state index in [1.54, 1.807) is 0 Å². The van der Waals surface area contributed by atoms with Crippen LogP contribution in [0.5, 0.6) is 0 Å². The van der Waals surface area contributed by atoms with Crippen LogP contribution in [-0.2, 0) is 0 Å². The fourth-order valence-electron chi connectivity index (χ4n) is 3.14. The van der Waals surface area contributed by atoms with Gasteiger partial charge < -0.3 is 0 Å². The van der Waals surface area contributed by atoms with E-state index in [0.717, 1.165) is 0 Å².